The number of hydrogen-bond acceptors (Lipinski definition) is 6. The number of nitrogens with one attached hydrogen (secondary N) is 1. The number of carbonyl (C=O) groups excluding carboxylic acids is 1. The second-order valence-electron chi connectivity index (χ2n) is 5.45. The van der Waals surface area contributed by atoms with Gasteiger partial charge in [-0.1, -0.05) is 31.1 Å². The van der Waals surface area contributed by atoms with Gasteiger partial charge in [-0.15, -0.1) is 21.5 Å². The molecule has 8 heteroatoms. The van der Waals surface area contributed by atoms with Gasteiger partial charge in [0.1, 0.15) is 9.84 Å². The first kappa shape index (κ1) is 16.1. The molecule has 23 heavy (non-hydrogen) atoms. The van der Waals surface area contributed by atoms with Crippen molar-refractivity contribution in [3.63, 3.8) is 0 Å². The third kappa shape index (κ3) is 3.42. The van der Waals surface area contributed by atoms with Gasteiger partial charge in [0, 0.05) is 18.9 Å². The van der Waals surface area contributed by atoms with E-state index in [0.29, 0.717) is 10.0 Å². The Morgan fingerprint density at radius 1 is 1.30 bits per heavy atom. The average Bonchev–Trinajstić information content (AvgIpc) is 3.19. The van der Waals surface area contributed by atoms with Gasteiger partial charge in [0.2, 0.25) is 5.13 Å². The van der Waals surface area contributed by atoms with Crippen molar-refractivity contribution in [2.24, 2.45) is 7.05 Å². The third-order valence-corrected chi connectivity index (χ3v) is 5.70. The summed E-state index contributed by atoms with van der Waals surface area (Å²) < 4.78 is 1.81. The van der Waals surface area contributed by atoms with Crippen molar-refractivity contribution in [2.75, 3.05) is 5.32 Å². The fraction of sp³-hybridized carbons (Fsp3) is 0.467. The second kappa shape index (κ2) is 6.76. The molecular formula is C15H19N5OS2. The minimum absolute atomic E-state index is 0.137. The van der Waals surface area contributed by atoms with Crippen LogP contribution >= 0.6 is 22.7 Å². The topological polar surface area (TPSA) is 72.7 Å². The minimum Gasteiger partial charge on any atom is -0.296 e. The molecule has 3 aromatic heterocycles. The highest BCUT2D eigenvalue weighted by atomic mass is 32.1. The van der Waals surface area contributed by atoms with E-state index in [2.05, 4.69) is 27.5 Å². The molecule has 0 spiro atoms. The third-order valence-electron chi connectivity index (χ3n) is 3.60. The molecule has 0 atom stereocenters. The molecule has 122 valence electrons. The van der Waals surface area contributed by atoms with E-state index in [-0.39, 0.29) is 5.91 Å². The molecular weight excluding hydrogens is 330 g/mol. The number of aromatic nitrogens is 4. The Balaban J connectivity index is 1.69. The first-order valence-electron chi connectivity index (χ1n) is 7.65. The predicted octanol–water partition coefficient (Wildman–Crippen LogP) is 3.78. The Bertz CT molecular complexity index is 798. The van der Waals surface area contributed by atoms with Gasteiger partial charge < -0.3 is 0 Å². The number of anilines is 1. The van der Waals surface area contributed by atoms with Crippen molar-refractivity contribution in [3.8, 4) is 0 Å². The normalized spacial score (nSPS) is 11.3. The molecule has 0 bridgehead atoms. The van der Waals surface area contributed by atoms with Gasteiger partial charge in [-0.3, -0.25) is 14.8 Å². The zero-order valence-electron chi connectivity index (χ0n) is 13.4. The summed E-state index contributed by atoms with van der Waals surface area (Å²) in [6.45, 7) is 4.12. The molecule has 0 saturated carbocycles. The minimum atomic E-state index is -0.137. The van der Waals surface area contributed by atoms with Gasteiger partial charge in [-0.25, -0.2) is 0 Å². The molecule has 0 aliphatic heterocycles. The van der Waals surface area contributed by atoms with E-state index in [0.717, 1.165) is 33.8 Å². The van der Waals surface area contributed by atoms with Gasteiger partial charge in [0.25, 0.3) is 5.91 Å². The lowest BCUT2D eigenvalue weighted by Gasteiger charge is -1.97. The van der Waals surface area contributed by atoms with Crippen LogP contribution in [0.3, 0.4) is 0 Å². The monoisotopic (exact) mass is 349 g/mol. The Kier molecular flexibility index (Phi) is 4.72. The standard InChI is InChI=1S/C15H19N5OS2/c1-4-5-6-7-12-17-18-15(23-12)16-13(21)11-8-10-9(2)19-20(3)14(10)22-11/h8H,4-7H2,1-3H3,(H,16,18,21). The molecule has 0 aromatic carbocycles. The van der Waals surface area contributed by atoms with Crippen molar-refractivity contribution >= 4 is 43.9 Å². The van der Waals surface area contributed by atoms with Crippen LogP contribution in [-0.4, -0.2) is 25.9 Å². The van der Waals surface area contributed by atoms with E-state index in [1.54, 1.807) is 0 Å². The maximum absolute atomic E-state index is 12.4. The maximum atomic E-state index is 12.4. The highest BCUT2D eigenvalue weighted by Crippen LogP contribution is 2.28. The molecule has 0 aliphatic carbocycles. The number of nitrogens with zero attached hydrogens (tertiary/aromatic N) is 4. The van der Waals surface area contributed by atoms with Crippen LogP contribution in [-0.2, 0) is 13.5 Å². The van der Waals surface area contributed by atoms with Gasteiger partial charge in [-0.05, 0) is 19.4 Å². The molecule has 0 unspecified atom stereocenters. The molecule has 0 aliphatic rings. The van der Waals surface area contributed by atoms with Crippen LogP contribution in [0.5, 0.6) is 0 Å². The van der Waals surface area contributed by atoms with Gasteiger partial charge in [0.05, 0.1) is 10.6 Å². The number of carbonyl (C=O) groups is 1. The quantitative estimate of drug-likeness (QED) is 0.687. The number of hydrogen-bond donors (Lipinski definition) is 1. The van der Waals surface area contributed by atoms with Crippen LogP contribution in [0.15, 0.2) is 6.07 Å². The van der Waals surface area contributed by atoms with Crippen LogP contribution in [0.2, 0.25) is 0 Å². The van der Waals surface area contributed by atoms with E-state index in [4.69, 9.17) is 0 Å². The summed E-state index contributed by atoms with van der Waals surface area (Å²) in [7, 11) is 1.89. The lowest BCUT2D eigenvalue weighted by molar-refractivity contribution is 0.103. The lowest BCUT2D eigenvalue weighted by atomic mass is 10.2. The van der Waals surface area contributed by atoms with E-state index < -0.39 is 0 Å². The van der Waals surface area contributed by atoms with Crippen LogP contribution < -0.4 is 5.32 Å². The molecule has 3 rings (SSSR count). The van der Waals surface area contributed by atoms with Crippen molar-refractivity contribution in [1.82, 2.24) is 20.0 Å². The van der Waals surface area contributed by atoms with Crippen molar-refractivity contribution in [2.45, 2.75) is 39.5 Å². The summed E-state index contributed by atoms with van der Waals surface area (Å²) in [4.78, 5) is 14.1. The predicted molar refractivity (Wildman–Crippen MR) is 94.4 cm³/mol. The van der Waals surface area contributed by atoms with Gasteiger partial charge in [-0.2, -0.15) is 5.10 Å². The molecule has 0 radical (unpaired) electrons. The molecule has 3 aromatic rings. The fourth-order valence-corrected chi connectivity index (χ4v) is 4.20. The summed E-state index contributed by atoms with van der Waals surface area (Å²) >= 11 is 2.90. The van der Waals surface area contributed by atoms with E-state index >= 15 is 0 Å². The number of rotatable bonds is 6. The number of fused-ring (bicyclic) bond motifs is 1. The molecule has 0 saturated heterocycles. The second-order valence-corrected chi connectivity index (χ2v) is 7.54. The summed E-state index contributed by atoms with van der Waals surface area (Å²) in [5.74, 6) is -0.137. The van der Waals surface area contributed by atoms with E-state index in [1.807, 2.05) is 24.7 Å². The molecule has 1 N–H and O–H groups in total. The van der Waals surface area contributed by atoms with Crippen molar-refractivity contribution in [3.05, 3.63) is 21.6 Å². The zero-order valence-corrected chi connectivity index (χ0v) is 15.1. The zero-order chi connectivity index (χ0) is 16.4. The van der Waals surface area contributed by atoms with Crippen molar-refractivity contribution < 1.29 is 4.79 Å². The Labute approximate surface area is 142 Å². The molecule has 1 amide bonds. The lowest BCUT2D eigenvalue weighted by Crippen LogP contribution is -2.09. The number of aryl methyl sites for hydroxylation is 3. The average molecular weight is 349 g/mol. The SMILES string of the molecule is CCCCCc1nnc(NC(=O)c2cc3c(C)nn(C)c3s2)s1. The number of thiophene rings is 1. The Morgan fingerprint density at radius 3 is 2.87 bits per heavy atom. The highest BCUT2D eigenvalue weighted by Gasteiger charge is 2.16. The van der Waals surface area contributed by atoms with E-state index in [1.165, 1.54) is 35.5 Å². The Morgan fingerprint density at radius 2 is 2.13 bits per heavy atom. The summed E-state index contributed by atoms with van der Waals surface area (Å²) in [6, 6.07) is 1.89. The number of amides is 1. The van der Waals surface area contributed by atoms with Crippen LogP contribution in [0.4, 0.5) is 5.13 Å². The van der Waals surface area contributed by atoms with Gasteiger partial charge in [0.15, 0.2) is 0 Å². The van der Waals surface area contributed by atoms with Crippen molar-refractivity contribution in [1.29, 1.82) is 0 Å². The summed E-state index contributed by atoms with van der Waals surface area (Å²) in [5, 5.41) is 18.0. The maximum Gasteiger partial charge on any atom is 0.267 e. The fourth-order valence-electron chi connectivity index (χ4n) is 2.41. The summed E-state index contributed by atoms with van der Waals surface area (Å²) in [6.07, 6.45) is 4.41. The molecule has 6 nitrogen and oxygen atoms in total. The smallest absolute Gasteiger partial charge is 0.267 e. The van der Waals surface area contributed by atoms with Crippen LogP contribution in [0, 0.1) is 6.92 Å². The Hall–Kier alpha value is -1.80. The summed E-state index contributed by atoms with van der Waals surface area (Å²) in [5.41, 5.74) is 0.937. The van der Waals surface area contributed by atoms with E-state index in [9.17, 15) is 4.79 Å². The molecule has 3 heterocycles. The van der Waals surface area contributed by atoms with Crippen LogP contribution in [0.1, 0.15) is 46.6 Å². The first-order valence-corrected chi connectivity index (χ1v) is 9.28. The first-order chi connectivity index (χ1) is 11.1. The highest BCUT2D eigenvalue weighted by molar-refractivity contribution is 7.20. The number of unbranched alkanes of at least 4 members (excludes halogenated alkanes) is 2. The largest absolute Gasteiger partial charge is 0.296 e. The molecule has 0 fully saturated rings. The van der Waals surface area contributed by atoms with Gasteiger partial charge >= 0.3 is 0 Å². The van der Waals surface area contributed by atoms with Crippen LogP contribution in [0.25, 0.3) is 10.2 Å².